The van der Waals surface area contributed by atoms with Crippen LogP contribution in [0.1, 0.15) is 72.5 Å². The van der Waals surface area contributed by atoms with Crippen molar-refractivity contribution in [3.8, 4) is 11.5 Å². The van der Waals surface area contributed by atoms with E-state index >= 15 is 0 Å². The highest BCUT2D eigenvalue weighted by Gasteiger charge is 2.42. The molecule has 192 valence electrons. The summed E-state index contributed by atoms with van der Waals surface area (Å²) >= 11 is 0. The lowest BCUT2D eigenvalue weighted by Gasteiger charge is -2.25. The number of benzene rings is 2. The molecule has 7 nitrogen and oxygen atoms in total. The number of hydrogen-bond acceptors (Lipinski definition) is 6. The van der Waals surface area contributed by atoms with E-state index in [0.29, 0.717) is 53.6 Å². The first-order valence-corrected chi connectivity index (χ1v) is 12.7. The average molecular weight is 494 g/mol. The molecule has 1 aliphatic heterocycles. The topological polar surface area (TPSA) is 89.2 Å². The fourth-order valence-electron chi connectivity index (χ4n) is 4.82. The number of hydrogen-bond donors (Lipinski definition) is 1. The van der Waals surface area contributed by atoms with E-state index in [1.165, 1.54) is 0 Å². The number of carbonyl (C=O) groups is 1. The molecular formula is C29H35NO6. The molecule has 4 rings (SSSR count). The number of ether oxygens (including phenoxy) is 2. The van der Waals surface area contributed by atoms with Gasteiger partial charge in [0.15, 0.2) is 16.9 Å². The molecule has 1 aliphatic rings. The van der Waals surface area contributed by atoms with Crippen LogP contribution in [0.5, 0.6) is 11.5 Å². The second-order valence-electron chi connectivity index (χ2n) is 9.78. The van der Waals surface area contributed by atoms with Crippen LogP contribution in [-0.4, -0.2) is 42.3 Å². The molecule has 0 fully saturated rings. The third-order valence-electron chi connectivity index (χ3n) is 6.51. The minimum Gasteiger partial charge on any atom is -0.490 e. The highest BCUT2D eigenvalue weighted by molar-refractivity contribution is 5.99. The highest BCUT2D eigenvalue weighted by atomic mass is 16.5. The maximum Gasteiger partial charge on any atom is 0.290 e. The van der Waals surface area contributed by atoms with Crippen molar-refractivity contribution in [2.75, 3.05) is 26.4 Å². The molecule has 3 aromatic rings. The normalized spacial score (nSPS) is 15.1. The maximum absolute atomic E-state index is 13.8. The van der Waals surface area contributed by atoms with Crippen molar-refractivity contribution < 1.29 is 23.8 Å². The van der Waals surface area contributed by atoms with Gasteiger partial charge in [0.2, 0.25) is 5.76 Å². The van der Waals surface area contributed by atoms with Gasteiger partial charge in [-0.05, 0) is 74.4 Å². The van der Waals surface area contributed by atoms with E-state index in [-0.39, 0.29) is 30.2 Å². The molecule has 0 bridgehead atoms. The summed E-state index contributed by atoms with van der Waals surface area (Å²) in [6.45, 7) is 11.2. The van der Waals surface area contributed by atoms with Gasteiger partial charge in [0, 0.05) is 13.2 Å². The zero-order chi connectivity index (χ0) is 26.0. The second kappa shape index (κ2) is 10.7. The number of aliphatic hydroxyl groups excluding tert-OH is 1. The number of carbonyl (C=O) groups excluding carboxylic acids is 1. The van der Waals surface area contributed by atoms with Crippen molar-refractivity contribution in [2.24, 2.45) is 5.92 Å². The van der Waals surface area contributed by atoms with Gasteiger partial charge in [0.1, 0.15) is 5.58 Å². The fourth-order valence-corrected chi connectivity index (χ4v) is 4.82. The van der Waals surface area contributed by atoms with Gasteiger partial charge in [-0.1, -0.05) is 26.0 Å². The van der Waals surface area contributed by atoms with Crippen molar-refractivity contribution >= 4 is 16.9 Å². The summed E-state index contributed by atoms with van der Waals surface area (Å²) in [6.07, 6.45) is 1.30. The average Bonchev–Trinajstić information content (AvgIpc) is 3.10. The summed E-state index contributed by atoms with van der Waals surface area (Å²) in [5.41, 5.74) is 3.03. The molecule has 0 spiro atoms. The number of amides is 1. The number of rotatable bonds is 10. The molecule has 0 aliphatic carbocycles. The standard InChI is InChI=1S/C29H35NO6/c1-6-34-22-16-20(8-9-21(22)35-13-10-17(2)3)26-25-27(32)24-19(5)14-18(4)15-23(24)36-28(25)29(33)30(26)11-7-12-31/h8-9,14-17,26,31H,6-7,10-13H2,1-5H3. The van der Waals surface area contributed by atoms with Crippen LogP contribution in [0.15, 0.2) is 39.5 Å². The van der Waals surface area contributed by atoms with E-state index in [1.807, 2.05) is 45.0 Å². The van der Waals surface area contributed by atoms with Gasteiger partial charge >= 0.3 is 0 Å². The van der Waals surface area contributed by atoms with Gasteiger partial charge in [-0.2, -0.15) is 0 Å². The van der Waals surface area contributed by atoms with Gasteiger partial charge in [-0.25, -0.2) is 0 Å². The van der Waals surface area contributed by atoms with E-state index in [9.17, 15) is 14.7 Å². The Morgan fingerprint density at radius 2 is 1.86 bits per heavy atom. The van der Waals surface area contributed by atoms with Gasteiger partial charge in [-0.15, -0.1) is 0 Å². The molecule has 2 aromatic carbocycles. The zero-order valence-electron chi connectivity index (χ0n) is 21.7. The molecule has 1 aromatic heterocycles. The van der Waals surface area contributed by atoms with Gasteiger partial charge in [0.05, 0.1) is 30.2 Å². The molecular weight excluding hydrogens is 458 g/mol. The quantitative estimate of drug-likeness (QED) is 0.420. The lowest BCUT2D eigenvalue weighted by molar-refractivity contribution is 0.0716. The fraction of sp³-hybridized carbons (Fsp3) is 0.448. The minimum atomic E-state index is -0.649. The van der Waals surface area contributed by atoms with E-state index in [2.05, 4.69) is 13.8 Å². The molecule has 1 N–H and O–H groups in total. The van der Waals surface area contributed by atoms with E-state index in [4.69, 9.17) is 13.9 Å². The Balaban J connectivity index is 1.86. The van der Waals surface area contributed by atoms with E-state index in [0.717, 1.165) is 23.1 Å². The summed E-state index contributed by atoms with van der Waals surface area (Å²) in [5.74, 6) is 1.43. The van der Waals surface area contributed by atoms with Gasteiger partial charge in [-0.3, -0.25) is 9.59 Å². The third kappa shape index (κ3) is 4.85. The Hall–Kier alpha value is -3.32. The molecule has 1 atom stereocenters. The molecule has 7 heteroatoms. The number of aryl methyl sites for hydroxylation is 2. The van der Waals surface area contributed by atoms with E-state index in [1.54, 1.807) is 11.0 Å². The summed E-state index contributed by atoms with van der Waals surface area (Å²) in [7, 11) is 0. The van der Waals surface area contributed by atoms with E-state index < -0.39 is 6.04 Å². The SMILES string of the molecule is CCOc1cc(C2c3c(oc4cc(C)cc(C)c4c3=O)C(=O)N2CCCO)ccc1OCCC(C)C. The first-order valence-electron chi connectivity index (χ1n) is 12.7. The molecule has 36 heavy (non-hydrogen) atoms. The van der Waals surface area contributed by atoms with Crippen molar-refractivity contribution in [1.82, 2.24) is 4.90 Å². The number of nitrogens with zero attached hydrogens (tertiary/aromatic N) is 1. The summed E-state index contributed by atoms with van der Waals surface area (Å²) in [6, 6.07) is 8.64. The minimum absolute atomic E-state index is 0.0654. The second-order valence-corrected chi connectivity index (χ2v) is 9.78. The van der Waals surface area contributed by atoms with Crippen LogP contribution in [0, 0.1) is 19.8 Å². The van der Waals surface area contributed by atoms with Crippen molar-refractivity contribution in [3.63, 3.8) is 0 Å². The van der Waals surface area contributed by atoms with Crippen LogP contribution in [0.4, 0.5) is 0 Å². The van der Waals surface area contributed by atoms with Crippen LogP contribution < -0.4 is 14.9 Å². The third-order valence-corrected chi connectivity index (χ3v) is 6.51. The van der Waals surface area contributed by atoms with Crippen LogP contribution in [0.2, 0.25) is 0 Å². The predicted molar refractivity (Wildman–Crippen MR) is 139 cm³/mol. The molecule has 0 radical (unpaired) electrons. The Labute approximate surface area is 211 Å². The first-order chi connectivity index (χ1) is 17.3. The predicted octanol–water partition coefficient (Wildman–Crippen LogP) is 5.16. The number of fused-ring (bicyclic) bond motifs is 2. The smallest absolute Gasteiger partial charge is 0.290 e. The summed E-state index contributed by atoms with van der Waals surface area (Å²) in [4.78, 5) is 28.9. The Kier molecular flexibility index (Phi) is 7.69. The van der Waals surface area contributed by atoms with Crippen molar-refractivity contribution in [2.45, 2.75) is 53.5 Å². The monoisotopic (exact) mass is 493 g/mol. The molecule has 0 saturated carbocycles. The van der Waals surface area contributed by atoms with Gasteiger partial charge < -0.3 is 23.9 Å². The lowest BCUT2D eigenvalue weighted by Crippen LogP contribution is -2.31. The summed E-state index contributed by atoms with van der Waals surface area (Å²) < 4.78 is 18.0. The molecule has 1 unspecified atom stereocenters. The maximum atomic E-state index is 13.8. The molecule has 2 heterocycles. The van der Waals surface area contributed by atoms with Crippen LogP contribution in [-0.2, 0) is 0 Å². The van der Waals surface area contributed by atoms with Crippen LogP contribution in [0.25, 0.3) is 11.0 Å². The summed E-state index contributed by atoms with van der Waals surface area (Å²) in [5, 5.41) is 9.96. The molecule has 0 saturated heterocycles. The molecule has 1 amide bonds. The highest BCUT2D eigenvalue weighted by Crippen LogP contribution is 2.41. The number of aliphatic hydroxyl groups is 1. The lowest BCUT2D eigenvalue weighted by atomic mass is 9.96. The van der Waals surface area contributed by atoms with Crippen LogP contribution in [0.3, 0.4) is 0 Å². The Morgan fingerprint density at radius 3 is 2.56 bits per heavy atom. The largest absolute Gasteiger partial charge is 0.490 e. The zero-order valence-corrected chi connectivity index (χ0v) is 21.7. The first kappa shape index (κ1) is 25.8. The van der Waals surface area contributed by atoms with Crippen LogP contribution >= 0.6 is 0 Å². The Bertz CT molecular complexity index is 1330. The van der Waals surface area contributed by atoms with Crippen molar-refractivity contribution in [3.05, 3.63) is 68.6 Å². The Morgan fingerprint density at radius 1 is 1.08 bits per heavy atom. The van der Waals surface area contributed by atoms with Crippen molar-refractivity contribution in [1.29, 1.82) is 0 Å². The van der Waals surface area contributed by atoms with Gasteiger partial charge in [0.25, 0.3) is 5.91 Å².